The van der Waals surface area contributed by atoms with Crippen molar-refractivity contribution in [2.45, 2.75) is 45.3 Å². The third-order valence-electron chi connectivity index (χ3n) is 4.07. The Balaban J connectivity index is 2.05. The molecule has 3 rings (SSSR count). The van der Waals surface area contributed by atoms with Crippen molar-refractivity contribution in [3.63, 3.8) is 0 Å². The predicted molar refractivity (Wildman–Crippen MR) is 94.2 cm³/mol. The molecule has 0 aliphatic carbocycles. The molecule has 4 atom stereocenters. The number of nitrogens with zero attached hydrogens (tertiary/aromatic N) is 3. The van der Waals surface area contributed by atoms with Crippen LogP contribution in [0.4, 0.5) is 5.95 Å². The molecule has 0 bridgehead atoms. The lowest BCUT2D eigenvalue weighted by atomic mass is 10.1. The zero-order chi connectivity index (χ0) is 21.3. The van der Waals surface area contributed by atoms with Gasteiger partial charge in [-0.15, -0.1) is 0 Å². The van der Waals surface area contributed by atoms with E-state index in [1.165, 1.54) is 31.7 Å². The average molecular weight is 409 g/mol. The Kier molecular flexibility index (Phi) is 5.50. The fourth-order valence-electron chi connectivity index (χ4n) is 3.05. The van der Waals surface area contributed by atoms with Gasteiger partial charge in [0.05, 0.1) is 6.33 Å². The van der Waals surface area contributed by atoms with E-state index in [-0.39, 0.29) is 23.7 Å². The van der Waals surface area contributed by atoms with Crippen LogP contribution in [0.25, 0.3) is 11.2 Å². The second-order valence-corrected chi connectivity index (χ2v) is 6.29. The Bertz CT molecular complexity index is 1010. The zero-order valence-electron chi connectivity index (χ0n) is 15.8. The maximum absolute atomic E-state index is 12.0. The van der Waals surface area contributed by atoms with Crippen molar-refractivity contribution in [1.29, 1.82) is 0 Å². The lowest BCUT2D eigenvalue weighted by Crippen LogP contribution is -2.40. The molecule has 1 saturated heterocycles. The minimum Gasteiger partial charge on any atom is -0.463 e. The summed E-state index contributed by atoms with van der Waals surface area (Å²) in [7, 11) is 0. The number of rotatable bonds is 5. The number of hydrogen-bond donors (Lipinski definition) is 2. The number of aromatic amines is 1. The third-order valence-corrected chi connectivity index (χ3v) is 4.07. The van der Waals surface area contributed by atoms with Gasteiger partial charge in [0, 0.05) is 20.8 Å². The number of ether oxygens (including phenoxy) is 4. The third kappa shape index (κ3) is 4.18. The largest absolute Gasteiger partial charge is 0.463 e. The second-order valence-electron chi connectivity index (χ2n) is 6.29. The monoisotopic (exact) mass is 409 g/mol. The van der Waals surface area contributed by atoms with E-state index in [4.69, 9.17) is 24.7 Å². The van der Waals surface area contributed by atoms with Crippen LogP contribution in [-0.4, -0.2) is 62.3 Å². The van der Waals surface area contributed by atoms with Gasteiger partial charge in [-0.05, 0) is 0 Å². The number of nitrogens with two attached hydrogens (primary N) is 1. The standard InChI is InChI=1S/C16H19N5O8/c1-6(22)26-4-9-11(27-7(2)23)12(28-8(3)24)15(29-9)21-5-18-10-13(21)19-16(17)20-14(10)25/h5,9,11-12,15H,4H2,1-3H3,(H3,17,19,20,25)/t9-,11+,12+,15+/m0/s1. The smallest absolute Gasteiger partial charge is 0.303 e. The summed E-state index contributed by atoms with van der Waals surface area (Å²) < 4.78 is 22.8. The molecule has 13 heteroatoms. The molecular formula is C16H19N5O8. The van der Waals surface area contributed by atoms with E-state index in [2.05, 4.69) is 15.0 Å². The molecule has 29 heavy (non-hydrogen) atoms. The quantitative estimate of drug-likeness (QED) is 0.458. The number of nitrogens with one attached hydrogen (secondary N) is 1. The highest BCUT2D eigenvalue weighted by atomic mass is 16.7. The summed E-state index contributed by atoms with van der Waals surface area (Å²) in [6.07, 6.45) is -2.99. The van der Waals surface area contributed by atoms with Crippen LogP contribution in [-0.2, 0) is 33.3 Å². The zero-order valence-corrected chi connectivity index (χ0v) is 15.8. The number of H-pyrrole nitrogens is 1. The molecule has 156 valence electrons. The summed E-state index contributed by atoms with van der Waals surface area (Å²) in [6.45, 7) is 3.30. The van der Waals surface area contributed by atoms with Gasteiger partial charge in [0.15, 0.2) is 29.6 Å². The van der Waals surface area contributed by atoms with E-state index >= 15 is 0 Å². The Morgan fingerprint density at radius 2 is 1.83 bits per heavy atom. The van der Waals surface area contributed by atoms with Crippen molar-refractivity contribution < 1.29 is 33.3 Å². The van der Waals surface area contributed by atoms with Crippen molar-refractivity contribution in [1.82, 2.24) is 19.5 Å². The van der Waals surface area contributed by atoms with E-state index in [0.717, 1.165) is 0 Å². The summed E-state index contributed by atoms with van der Waals surface area (Å²) in [4.78, 5) is 56.9. The number of anilines is 1. The van der Waals surface area contributed by atoms with Crippen LogP contribution >= 0.6 is 0 Å². The van der Waals surface area contributed by atoms with Crippen LogP contribution in [0.3, 0.4) is 0 Å². The molecule has 1 aliphatic rings. The van der Waals surface area contributed by atoms with Gasteiger partial charge in [0.1, 0.15) is 12.7 Å². The topological polar surface area (TPSA) is 178 Å². The summed E-state index contributed by atoms with van der Waals surface area (Å²) in [5.41, 5.74) is 5.09. The second kappa shape index (κ2) is 7.87. The molecule has 2 aromatic heterocycles. The first-order chi connectivity index (χ1) is 13.7. The SMILES string of the molecule is CC(=O)OC[C@@H]1O[C@@H](n2cnc3c(=O)[nH]c(N)nc32)[C@H](OC(C)=O)[C@@H]1OC(C)=O. The van der Waals surface area contributed by atoms with Crippen molar-refractivity contribution in [2.75, 3.05) is 12.3 Å². The molecule has 0 spiro atoms. The van der Waals surface area contributed by atoms with E-state index in [1.54, 1.807) is 0 Å². The van der Waals surface area contributed by atoms with E-state index < -0.39 is 48.0 Å². The van der Waals surface area contributed by atoms with Gasteiger partial charge in [-0.25, -0.2) is 4.98 Å². The molecule has 3 heterocycles. The molecule has 0 aromatic carbocycles. The van der Waals surface area contributed by atoms with E-state index in [0.29, 0.717) is 0 Å². The van der Waals surface area contributed by atoms with Crippen LogP contribution in [0.2, 0.25) is 0 Å². The number of carbonyl (C=O) groups excluding carboxylic acids is 3. The first-order valence-corrected chi connectivity index (χ1v) is 8.53. The van der Waals surface area contributed by atoms with Crippen LogP contribution in [0.1, 0.15) is 27.0 Å². The molecular weight excluding hydrogens is 390 g/mol. The van der Waals surface area contributed by atoms with Gasteiger partial charge in [-0.2, -0.15) is 4.98 Å². The Morgan fingerprint density at radius 3 is 2.45 bits per heavy atom. The van der Waals surface area contributed by atoms with Gasteiger partial charge in [0.25, 0.3) is 5.56 Å². The van der Waals surface area contributed by atoms with E-state index in [9.17, 15) is 19.2 Å². The average Bonchev–Trinajstić information content (AvgIpc) is 3.15. The predicted octanol–water partition coefficient (Wildman–Crippen LogP) is -0.974. The Labute approximate surface area is 163 Å². The minimum atomic E-state index is -1.13. The highest BCUT2D eigenvalue weighted by Crippen LogP contribution is 2.35. The first kappa shape index (κ1) is 20.3. The molecule has 0 saturated carbocycles. The fraction of sp³-hybridized carbons (Fsp3) is 0.500. The van der Waals surface area contributed by atoms with Crippen LogP contribution in [0, 0.1) is 0 Å². The highest BCUT2D eigenvalue weighted by molar-refractivity contribution is 5.71. The first-order valence-electron chi connectivity index (χ1n) is 8.53. The molecule has 1 aliphatic heterocycles. The number of imidazole rings is 1. The molecule has 13 nitrogen and oxygen atoms in total. The molecule has 0 unspecified atom stereocenters. The van der Waals surface area contributed by atoms with Crippen molar-refractivity contribution >= 4 is 35.0 Å². The maximum Gasteiger partial charge on any atom is 0.303 e. The van der Waals surface area contributed by atoms with Crippen molar-refractivity contribution in [3.05, 3.63) is 16.7 Å². The van der Waals surface area contributed by atoms with E-state index in [1.807, 2.05) is 0 Å². The summed E-state index contributed by atoms with van der Waals surface area (Å²) in [5, 5.41) is 0. The molecule has 0 amide bonds. The number of esters is 3. The van der Waals surface area contributed by atoms with Crippen molar-refractivity contribution in [2.24, 2.45) is 0 Å². The summed E-state index contributed by atoms with van der Waals surface area (Å²) in [5.74, 6) is -2.04. The van der Waals surface area contributed by atoms with Gasteiger partial charge in [-0.3, -0.25) is 28.7 Å². The molecule has 2 aromatic rings. The Hall–Kier alpha value is -3.48. The summed E-state index contributed by atoms with van der Waals surface area (Å²) in [6, 6.07) is 0. The van der Waals surface area contributed by atoms with Gasteiger partial charge in [0.2, 0.25) is 5.95 Å². The highest BCUT2D eigenvalue weighted by Gasteiger charge is 2.51. The van der Waals surface area contributed by atoms with Crippen LogP contribution in [0.5, 0.6) is 0 Å². The van der Waals surface area contributed by atoms with Gasteiger partial charge in [-0.1, -0.05) is 0 Å². The molecule has 1 fully saturated rings. The number of nitrogen functional groups attached to an aromatic ring is 1. The number of fused-ring (bicyclic) bond motifs is 1. The lowest BCUT2D eigenvalue weighted by molar-refractivity contribution is -0.166. The summed E-state index contributed by atoms with van der Waals surface area (Å²) >= 11 is 0. The van der Waals surface area contributed by atoms with Gasteiger partial charge < -0.3 is 24.7 Å². The van der Waals surface area contributed by atoms with Gasteiger partial charge >= 0.3 is 17.9 Å². The lowest BCUT2D eigenvalue weighted by Gasteiger charge is -2.23. The molecule has 3 N–H and O–H groups in total. The number of aromatic nitrogens is 4. The number of hydrogen-bond acceptors (Lipinski definition) is 11. The van der Waals surface area contributed by atoms with Crippen molar-refractivity contribution in [3.8, 4) is 0 Å². The number of carbonyl (C=O) groups is 3. The van der Waals surface area contributed by atoms with Crippen LogP contribution < -0.4 is 11.3 Å². The molecule has 0 radical (unpaired) electrons. The normalized spacial score (nSPS) is 23.7. The maximum atomic E-state index is 12.0. The minimum absolute atomic E-state index is 0.0168. The fourth-order valence-corrected chi connectivity index (χ4v) is 3.05. The Morgan fingerprint density at radius 1 is 1.17 bits per heavy atom. The van der Waals surface area contributed by atoms with Crippen LogP contribution in [0.15, 0.2) is 11.1 Å².